The molecule has 1 rings (SSSR count). The third kappa shape index (κ3) is 4.60. The first kappa shape index (κ1) is 15.6. The molecule has 0 aliphatic rings. The van der Waals surface area contributed by atoms with E-state index in [0.29, 0.717) is 18.7 Å². The van der Waals surface area contributed by atoms with Crippen LogP contribution in [0.4, 0.5) is 0 Å². The fourth-order valence-corrected chi connectivity index (χ4v) is 1.71. The number of aromatic carboxylic acids is 1. The van der Waals surface area contributed by atoms with E-state index in [-0.39, 0.29) is 18.8 Å². The molecule has 19 heavy (non-hydrogen) atoms. The molecule has 1 atom stereocenters. The minimum absolute atomic E-state index is 0.0541. The maximum Gasteiger partial charge on any atom is 0.358 e. The lowest BCUT2D eigenvalue weighted by Crippen LogP contribution is -2.24. The zero-order valence-corrected chi connectivity index (χ0v) is 11.4. The first-order valence-electron chi connectivity index (χ1n) is 6.51. The summed E-state index contributed by atoms with van der Waals surface area (Å²) in [5.74, 6) is -1.10. The van der Waals surface area contributed by atoms with E-state index in [1.165, 1.54) is 4.68 Å². The molecule has 7 heteroatoms. The Balaban J connectivity index is 2.54. The Morgan fingerprint density at radius 1 is 1.47 bits per heavy atom. The van der Waals surface area contributed by atoms with Crippen LogP contribution in [0.3, 0.4) is 0 Å². The lowest BCUT2D eigenvalue weighted by molar-refractivity contribution is 0.0247. The minimum atomic E-state index is -1.10. The topological polar surface area (TPSA) is 97.5 Å². The van der Waals surface area contributed by atoms with Crippen LogP contribution in [-0.2, 0) is 17.7 Å². The van der Waals surface area contributed by atoms with Crippen molar-refractivity contribution in [3.63, 3.8) is 0 Å². The van der Waals surface area contributed by atoms with E-state index in [1.54, 1.807) is 0 Å². The van der Waals surface area contributed by atoms with Crippen LogP contribution in [0.25, 0.3) is 0 Å². The molecule has 0 aromatic carbocycles. The van der Waals surface area contributed by atoms with Crippen LogP contribution in [0.15, 0.2) is 0 Å². The van der Waals surface area contributed by atoms with E-state index in [0.717, 1.165) is 12.8 Å². The number of ether oxygens (including phenoxy) is 1. The molecule has 2 N–H and O–H groups in total. The third-order valence-corrected chi connectivity index (χ3v) is 2.71. The van der Waals surface area contributed by atoms with E-state index < -0.39 is 12.1 Å². The van der Waals surface area contributed by atoms with Crippen molar-refractivity contribution in [3.8, 4) is 0 Å². The van der Waals surface area contributed by atoms with Crippen molar-refractivity contribution in [1.29, 1.82) is 0 Å². The standard InChI is InChI=1S/C12H21N3O4/c1-3-5-6-19-8-9(16)7-15-10(4-2)11(12(17)18)13-14-15/h9,16H,3-8H2,1-2H3,(H,17,18). The number of aliphatic hydroxyl groups is 1. The summed E-state index contributed by atoms with van der Waals surface area (Å²) in [5, 5.41) is 26.1. The van der Waals surface area contributed by atoms with Crippen LogP contribution in [0.2, 0.25) is 0 Å². The number of hydrogen-bond acceptors (Lipinski definition) is 5. The van der Waals surface area contributed by atoms with Crippen molar-refractivity contribution >= 4 is 5.97 Å². The smallest absolute Gasteiger partial charge is 0.358 e. The number of nitrogens with zero attached hydrogens (tertiary/aromatic N) is 3. The number of aromatic nitrogens is 3. The summed E-state index contributed by atoms with van der Waals surface area (Å²) in [6.07, 6.45) is 1.78. The van der Waals surface area contributed by atoms with Crippen LogP contribution >= 0.6 is 0 Å². The predicted molar refractivity (Wildman–Crippen MR) is 68.1 cm³/mol. The van der Waals surface area contributed by atoms with Crippen molar-refractivity contribution < 1.29 is 19.7 Å². The summed E-state index contributed by atoms with van der Waals surface area (Å²) in [7, 11) is 0. The van der Waals surface area contributed by atoms with E-state index in [4.69, 9.17) is 9.84 Å². The Morgan fingerprint density at radius 3 is 2.79 bits per heavy atom. The summed E-state index contributed by atoms with van der Waals surface area (Å²) in [4.78, 5) is 10.9. The van der Waals surface area contributed by atoms with Gasteiger partial charge in [-0.05, 0) is 12.8 Å². The molecular formula is C12H21N3O4. The highest BCUT2D eigenvalue weighted by molar-refractivity contribution is 5.86. The van der Waals surface area contributed by atoms with Gasteiger partial charge in [-0.1, -0.05) is 25.5 Å². The summed E-state index contributed by atoms with van der Waals surface area (Å²) in [6.45, 7) is 4.91. The third-order valence-electron chi connectivity index (χ3n) is 2.71. The maximum atomic E-state index is 10.9. The van der Waals surface area contributed by atoms with Gasteiger partial charge in [0.05, 0.1) is 24.9 Å². The molecule has 0 spiro atoms. The fourth-order valence-electron chi connectivity index (χ4n) is 1.71. The van der Waals surface area contributed by atoms with Gasteiger partial charge in [0.15, 0.2) is 5.69 Å². The van der Waals surface area contributed by atoms with Gasteiger partial charge in [0.1, 0.15) is 0 Å². The molecule has 0 fully saturated rings. The minimum Gasteiger partial charge on any atom is -0.476 e. The molecular weight excluding hydrogens is 250 g/mol. The molecule has 1 heterocycles. The van der Waals surface area contributed by atoms with Crippen LogP contribution < -0.4 is 0 Å². The van der Waals surface area contributed by atoms with Crippen LogP contribution in [-0.4, -0.2) is 50.5 Å². The van der Waals surface area contributed by atoms with E-state index in [1.807, 2.05) is 6.92 Å². The van der Waals surface area contributed by atoms with Crippen LogP contribution in [0, 0.1) is 0 Å². The fraction of sp³-hybridized carbons (Fsp3) is 0.750. The van der Waals surface area contributed by atoms with Crippen molar-refractivity contribution in [1.82, 2.24) is 15.0 Å². The molecule has 1 aromatic rings. The first-order valence-corrected chi connectivity index (χ1v) is 6.51. The number of carboxylic acid groups (broad SMARTS) is 1. The van der Waals surface area contributed by atoms with Gasteiger partial charge in [0.2, 0.25) is 0 Å². The van der Waals surface area contributed by atoms with Gasteiger partial charge in [-0.25, -0.2) is 9.48 Å². The number of carboxylic acids is 1. The molecule has 0 saturated carbocycles. The van der Waals surface area contributed by atoms with Crippen molar-refractivity contribution in [2.24, 2.45) is 0 Å². The van der Waals surface area contributed by atoms with Gasteiger partial charge >= 0.3 is 5.97 Å². The second-order valence-electron chi connectivity index (χ2n) is 4.31. The Bertz CT molecular complexity index is 406. The molecule has 0 bridgehead atoms. The van der Waals surface area contributed by atoms with Gasteiger partial charge in [-0.15, -0.1) is 5.10 Å². The van der Waals surface area contributed by atoms with Gasteiger partial charge in [0.25, 0.3) is 0 Å². The first-order chi connectivity index (χ1) is 9.10. The Morgan fingerprint density at radius 2 is 2.21 bits per heavy atom. The van der Waals surface area contributed by atoms with Crippen molar-refractivity contribution in [2.75, 3.05) is 13.2 Å². The largest absolute Gasteiger partial charge is 0.476 e. The number of aliphatic hydroxyl groups excluding tert-OH is 1. The number of rotatable bonds is 9. The molecule has 1 unspecified atom stereocenters. The average molecular weight is 271 g/mol. The van der Waals surface area contributed by atoms with Crippen molar-refractivity contribution in [3.05, 3.63) is 11.4 Å². The highest BCUT2D eigenvalue weighted by atomic mass is 16.5. The summed E-state index contributed by atoms with van der Waals surface area (Å²) < 4.78 is 6.74. The van der Waals surface area contributed by atoms with E-state index >= 15 is 0 Å². The molecule has 0 radical (unpaired) electrons. The number of carbonyl (C=O) groups is 1. The zero-order chi connectivity index (χ0) is 14.3. The molecule has 0 aliphatic heterocycles. The Kier molecular flexibility index (Phi) is 6.44. The molecule has 0 saturated heterocycles. The molecule has 108 valence electrons. The lowest BCUT2D eigenvalue weighted by Gasteiger charge is -2.12. The summed E-state index contributed by atoms with van der Waals surface area (Å²) in [6, 6.07) is 0. The van der Waals surface area contributed by atoms with Crippen LogP contribution in [0.1, 0.15) is 42.9 Å². The number of unbranched alkanes of at least 4 members (excludes halogenated alkanes) is 1. The van der Waals surface area contributed by atoms with Gasteiger partial charge < -0.3 is 14.9 Å². The molecule has 7 nitrogen and oxygen atoms in total. The Labute approximate surface area is 112 Å². The highest BCUT2D eigenvalue weighted by Gasteiger charge is 2.18. The van der Waals surface area contributed by atoms with Gasteiger partial charge in [-0.2, -0.15) is 0 Å². The Hall–Kier alpha value is -1.47. The van der Waals surface area contributed by atoms with Gasteiger partial charge in [0, 0.05) is 6.61 Å². The quantitative estimate of drug-likeness (QED) is 0.642. The second-order valence-corrected chi connectivity index (χ2v) is 4.31. The van der Waals surface area contributed by atoms with E-state index in [9.17, 15) is 9.90 Å². The van der Waals surface area contributed by atoms with E-state index in [2.05, 4.69) is 17.2 Å². The van der Waals surface area contributed by atoms with Gasteiger partial charge in [-0.3, -0.25) is 0 Å². The summed E-state index contributed by atoms with van der Waals surface area (Å²) in [5.41, 5.74) is 0.460. The predicted octanol–water partition coefficient (Wildman–Crippen LogP) is 0.716. The highest BCUT2D eigenvalue weighted by Crippen LogP contribution is 2.07. The normalized spacial score (nSPS) is 12.6. The monoisotopic (exact) mass is 271 g/mol. The number of hydrogen-bond donors (Lipinski definition) is 2. The maximum absolute atomic E-state index is 10.9. The molecule has 1 aromatic heterocycles. The van der Waals surface area contributed by atoms with Crippen LogP contribution in [0.5, 0.6) is 0 Å². The summed E-state index contributed by atoms with van der Waals surface area (Å²) >= 11 is 0. The average Bonchev–Trinajstić information content (AvgIpc) is 2.77. The zero-order valence-electron chi connectivity index (χ0n) is 11.4. The second kappa shape index (κ2) is 7.85. The SMILES string of the molecule is CCCCOCC(O)Cn1nnc(C(=O)O)c1CC. The molecule has 0 aliphatic carbocycles. The molecule has 0 amide bonds. The van der Waals surface area contributed by atoms with Crippen molar-refractivity contribution in [2.45, 2.75) is 45.8 Å². The lowest BCUT2D eigenvalue weighted by atomic mass is 10.2.